The van der Waals surface area contributed by atoms with Crippen molar-refractivity contribution < 1.29 is 9.53 Å². The number of halogens is 1. The standard InChI is InChI=1S/C15H11BrN2O2/c1-9(19)13-6-11(18)3-5-15(13)20-12-4-2-10(8-17)14(16)7-12/h2-7H,18H2,1H3. The van der Waals surface area contributed by atoms with Crippen molar-refractivity contribution in [3.8, 4) is 17.6 Å². The molecule has 0 unspecified atom stereocenters. The van der Waals surface area contributed by atoms with Crippen LogP contribution in [0, 0.1) is 11.3 Å². The molecule has 5 heteroatoms. The van der Waals surface area contributed by atoms with Crippen LogP contribution in [-0.4, -0.2) is 5.78 Å². The number of anilines is 1. The zero-order valence-electron chi connectivity index (χ0n) is 10.7. The molecular weight excluding hydrogens is 320 g/mol. The van der Waals surface area contributed by atoms with Gasteiger partial charge in [0.1, 0.15) is 17.6 Å². The van der Waals surface area contributed by atoms with Crippen LogP contribution in [0.1, 0.15) is 22.8 Å². The number of nitrogens with zero attached hydrogens (tertiary/aromatic N) is 1. The van der Waals surface area contributed by atoms with Crippen LogP contribution >= 0.6 is 15.9 Å². The number of nitriles is 1. The molecule has 0 aliphatic heterocycles. The highest BCUT2D eigenvalue weighted by molar-refractivity contribution is 9.10. The predicted octanol–water partition coefficient (Wildman–Crippen LogP) is 3.90. The fourth-order valence-corrected chi connectivity index (χ4v) is 2.14. The van der Waals surface area contributed by atoms with Crippen LogP contribution in [0.25, 0.3) is 0 Å². The third kappa shape index (κ3) is 2.98. The fraction of sp³-hybridized carbons (Fsp3) is 0.0667. The molecule has 0 aliphatic rings. The summed E-state index contributed by atoms with van der Waals surface area (Å²) in [4.78, 5) is 11.6. The average Bonchev–Trinajstić information content (AvgIpc) is 2.41. The molecule has 0 heterocycles. The Balaban J connectivity index is 2.38. The molecule has 2 aromatic carbocycles. The van der Waals surface area contributed by atoms with Gasteiger partial charge in [0.05, 0.1) is 11.1 Å². The van der Waals surface area contributed by atoms with E-state index < -0.39 is 0 Å². The number of Topliss-reactive ketones (excluding diaryl/α,β-unsaturated/α-hetero) is 1. The second kappa shape index (κ2) is 5.76. The molecule has 20 heavy (non-hydrogen) atoms. The van der Waals surface area contributed by atoms with Gasteiger partial charge < -0.3 is 10.5 Å². The summed E-state index contributed by atoms with van der Waals surface area (Å²) in [5, 5.41) is 8.87. The molecule has 0 amide bonds. The minimum Gasteiger partial charge on any atom is -0.457 e. The second-order valence-electron chi connectivity index (χ2n) is 4.17. The van der Waals surface area contributed by atoms with Gasteiger partial charge in [0.15, 0.2) is 5.78 Å². The minimum absolute atomic E-state index is 0.125. The Labute approximate surface area is 124 Å². The van der Waals surface area contributed by atoms with Gasteiger partial charge >= 0.3 is 0 Å². The maximum Gasteiger partial charge on any atom is 0.163 e. The molecule has 0 spiro atoms. The first-order chi connectivity index (χ1) is 9.51. The van der Waals surface area contributed by atoms with Gasteiger partial charge in [-0.15, -0.1) is 0 Å². The van der Waals surface area contributed by atoms with Crippen molar-refractivity contribution in [2.24, 2.45) is 0 Å². The first-order valence-corrected chi connectivity index (χ1v) is 6.58. The zero-order chi connectivity index (χ0) is 14.7. The highest BCUT2D eigenvalue weighted by atomic mass is 79.9. The number of nitrogens with two attached hydrogens (primary N) is 1. The number of carbonyl (C=O) groups is 1. The van der Waals surface area contributed by atoms with Crippen molar-refractivity contribution in [2.75, 3.05) is 5.73 Å². The van der Waals surface area contributed by atoms with Gasteiger partial charge in [-0.3, -0.25) is 4.79 Å². The van der Waals surface area contributed by atoms with Crippen LogP contribution in [-0.2, 0) is 0 Å². The lowest BCUT2D eigenvalue weighted by Gasteiger charge is -2.10. The van der Waals surface area contributed by atoms with Gasteiger partial charge in [0.25, 0.3) is 0 Å². The zero-order valence-corrected chi connectivity index (χ0v) is 12.3. The highest BCUT2D eigenvalue weighted by Crippen LogP contribution is 2.30. The number of nitrogen functional groups attached to an aromatic ring is 1. The molecule has 2 aromatic rings. The van der Waals surface area contributed by atoms with Gasteiger partial charge in [-0.25, -0.2) is 0 Å². The third-order valence-corrected chi connectivity index (χ3v) is 3.33. The lowest BCUT2D eigenvalue weighted by Crippen LogP contribution is -1.99. The van der Waals surface area contributed by atoms with Gasteiger partial charge in [-0.05, 0) is 59.3 Å². The number of rotatable bonds is 3. The summed E-state index contributed by atoms with van der Waals surface area (Å²) >= 11 is 3.29. The Kier molecular flexibility index (Phi) is 4.06. The number of carbonyl (C=O) groups excluding carboxylic acids is 1. The summed E-state index contributed by atoms with van der Waals surface area (Å²) in [6, 6.07) is 11.9. The lowest BCUT2D eigenvalue weighted by atomic mass is 10.1. The van der Waals surface area contributed by atoms with Gasteiger partial charge in [-0.2, -0.15) is 5.26 Å². The van der Waals surface area contributed by atoms with E-state index in [1.807, 2.05) is 0 Å². The fourth-order valence-electron chi connectivity index (χ4n) is 1.69. The van der Waals surface area contributed by atoms with E-state index in [4.69, 9.17) is 15.7 Å². The molecule has 0 atom stereocenters. The van der Waals surface area contributed by atoms with E-state index in [-0.39, 0.29) is 5.78 Å². The van der Waals surface area contributed by atoms with Gasteiger partial charge in [-0.1, -0.05) is 0 Å². The van der Waals surface area contributed by atoms with Crippen LogP contribution in [0.3, 0.4) is 0 Å². The number of hydrogen-bond donors (Lipinski definition) is 1. The van der Waals surface area contributed by atoms with Crippen molar-refractivity contribution in [3.63, 3.8) is 0 Å². The summed E-state index contributed by atoms with van der Waals surface area (Å²) in [5.74, 6) is 0.839. The molecule has 4 nitrogen and oxygen atoms in total. The first-order valence-electron chi connectivity index (χ1n) is 5.79. The summed E-state index contributed by atoms with van der Waals surface area (Å²) in [6.07, 6.45) is 0. The Morgan fingerprint density at radius 1 is 1.30 bits per heavy atom. The molecule has 0 radical (unpaired) electrons. The third-order valence-electron chi connectivity index (χ3n) is 2.67. The van der Waals surface area contributed by atoms with Gasteiger partial charge in [0.2, 0.25) is 0 Å². The van der Waals surface area contributed by atoms with Crippen LogP contribution in [0.2, 0.25) is 0 Å². The van der Waals surface area contributed by atoms with Crippen molar-refractivity contribution in [3.05, 3.63) is 52.0 Å². The maximum absolute atomic E-state index is 11.6. The molecule has 0 saturated heterocycles. The van der Waals surface area contributed by atoms with E-state index in [2.05, 4.69) is 22.0 Å². The van der Waals surface area contributed by atoms with Crippen LogP contribution in [0.15, 0.2) is 40.9 Å². The van der Waals surface area contributed by atoms with Crippen molar-refractivity contribution in [2.45, 2.75) is 6.92 Å². The average molecular weight is 331 g/mol. The van der Waals surface area contributed by atoms with Crippen LogP contribution in [0.5, 0.6) is 11.5 Å². The molecule has 0 bridgehead atoms. The molecule has 0 fully saturated rings. The summed E-state index contributed by atoms with van der Waals surface area (Å²) in [6.45, 7) is 1.45. The van der Waals surface area contributed by atoms with E-state index in [0.29, 0.717) is 32.8 Å². The molecule has 100 valence electrons. The van der Waals surface area contributed by atoms with E-state index in [0.717, 1.165) is 0 Å². The van der Waals surface area contributed by atoms with Crippen molar-refractivity contribution >= 4 is 27.4 Å². The topological polar surface area (TPSA) is 76.1 Å². The largest absolute Gasteiger partial charge is 0.457 e. The monoisotopic (exact) mass is 330 g/mol. The normalized spacial score (nSPS) is 9.85. The Morgan fingerprint density at radius 2 is 2.05 bits per heavy atom. The number of ether oxygens (including phenoxy) is 1. The van der Waals surface area contributed by atoms with E-state index in [1.54, 1.807) is 36.4 Å². The molecule has 2 N–H and O–H groups in total. The van der Waals surface area contributed by atoms with Crippen molar-refractivity contribution in [1.82, 2.24) is 0 Å². The van der Waals surface area contributed by atoms with Crippen LogP contribution in [0.4, 0.5) is 5.69 Å². The molecule has 0 saturated carbocycles. The summed E-state index contributed by atoms with van der Waals surface area (Å²) in [5.41, 5.74) is 7.11. The quantitative estimate of drug-likeness (QED) is 0.684. The lowest BCUT2D eigenvalue weighted by molar-refractivity contribution is 0.101. The Hall–Kier alpha value is -2.32. The van der Waals surface area contributed by atoms with Gasteiger partial charge in [0, 0.05) is 10.2 Å². The predicted molar refractivity (Wildman–Crippen MR) is 79.8 cm³/mol. The van der Waals surface area contributed by atoms with Crippen molar-refractivity contribution in [1.29, 1.82) is 5.26 Å². The molecule has 0 aliphatic carbocycles. The van der Waals surface area contributed by atoms with E-state index in [1.165, 1.54) is 6.92 Å². The summed E-state index contributed by atoms with van der Waals surface area (Å²) < 4.78 is 6.33. The minimum atomic E-state index is -0.125. The number of benzene rings is 2. The molecule has 2 rings (SSSR count). The SMILES string of the molecule is CC(=O)c1cc(N)ccc1Oc1ccc(C#N)c(Br)c1. The molecule has 0 aromatic heterocycles. The smallest absolute Gasteiger partial charge is 0.163 e. The number of hydrogen-bond acceptors (Lipinski definition) is 4. The highest BCUT2D eigenvalue weighted by Gasteiger charge is 2.11. The number of ketones is 1. The first kappa shape index (κ1) is 14.1. The molecular formula is C15H11BrN2O2. The Morgan fingerprint density at radius 3 is 2.65 bits per heavy atom. The second-order valence-corrected chi connectivity index (χ2v) is 5.02. The summed E-state index contributed by atoms with van der Waals surface area (Å²) in [7, 11) is 0. The maximum atomic E-state index is 11.6. The Bertz CT molecular complexity index is 720. The van der Waals surface area contributed by atoms with Crippen LogP contribution < -0.4 is 10.5 Å². The van der Waals surface area contributed by atoms with E-state index >= 15 is 0 Å². The van der Waals surface area contributed by atoms with E-state index in [9.17, 15) is 4.79 Å².